The molecule has 0 fully saturated rings. The molecular weight excluding hydrogens is 1130 g/mol. The number of nitrogens with zero attached hydrogens (tertiary/aromatic N) is 2. The summed E-state index contributed by atoms with van der Waals surface area (Å²) in [6, 6.07) is 18.8. The number of hydrogen-bond acceptors (Lipinski definition) is 10. The van der Waals surface area contributed by atoms with Gasteiger partial charge in [0.1, 0.15) is 0 Å². The van der Waals surface area contributed by atoms with Crippen LogP contribution in [0.2, 0.25) is 0 Å². The van der Waals surface area contributed by atoms with Crippen molar-refractivity contribution in [2.75, 3.05) is 13.1 Å². The predicted octanol–water partition coefficient (Wildman–Crippen LogP) is 23.2. The number of carbonyl (C=O) groups excluding carboxylic acids is 4. The first-order chi connectivity index (χ1) is 40.1. The van der Waals surface area contributed by atoms with E-state index in [2.05, 4.69) is 90.1 Å². The highest BCUT2D eigenvalue weighted by atomic mass is 32.1. The minimum Gasteiger partial charge on any atom is -0.274 e. The smallest absolute Gasteiger partial charge is 0.263 e. The number of imide groups is 2. The summed E-state index contributed by atoms with van der Waals surface area (Å²) in [4.78, 5) is 68.6. The lowest BCUT2D eigenvalue weighted by Crippen LogP contribution is -2.34. The number of thiophene rings is 6. The molecule has 0 N–H and O–H groups in total. The maximum absolute atomic E-state index is 14.3. The molecule has 0 spiro atoms. The molecule has 12 heteroatoms. The summed E-state index contributed by atoms with van der Waals surface area (Å²) in [6.07, 6.45) is 30.7. The van der Waals surface area contributed by atoms with E-state index in [0.29, 0.717) is 47.2 Å². The van der Waals surface area contributed by atoms with Crippen molar-refractivity contribution in [1.29, 1.82) is 0 Å². The maximum Gasteiger partial charge on any atom is 0.263 e. The normalized spacial score (nSPS) is 14.3. The van der Waals surface area contributed by atoms with Crippen molar-refractivity contribution in [1.82, 2.24) is 9.80 Å². The van der Waals surface area contributed by atoms with Gasteiger partial charge in [-0.15, -0.1) is 68.0 Å². The van der Waals surface area contributed by atoms with Crippen LogP contribution in [0.5, 0.6) is 0 Å². The van der Waals surface area contributed by atoms with Gasteiger partial charge in [-0.05, 0) is 96.5 Å². The van der Waals surface area contributed by atoms with Crippen molar-refractivity contribution in [2.45, 2.75) is 208 Å². The fourth-order valence-corrected chi connectivity index (χ4v) is 20.0. The molecule has 0 bridgehead atoms. The van der Waals surface area contributed by atoms with Crippen LogP contribution in [0, 0.1) is 11.8 Å². The van der Waals surface area contributed by atoms with E-state index in [4.69, 9.17) is 0 Å². The van der Waals surface area contributed by atoms with E-state index in [1.54, 1.807) is 55.1 Å². The summed E-state index contributed by atoms with van der Waals surface area (Å²) in [5.74, 6) is 0.150. The molecule has 0 aliphatic carbocycles. The van der Waals surface area contributed by atoms with Gasteiger partial charge in [-0.3, -0.25) is 29.0 Å². The van der Waals surface area contributed by atoms with Crippen LogP contribution < -0.4 is 0 Å². The molecule has 82 heavy (non-hydrogen) atoms. The molecule has 10 rings (SSSR count). The minimum atomic E-state index is -0.126. The molecule has 6 nitrogen and oxygen atoms in total. The van der Waals surface area contributed by atoms with E-state index in [1.807, 2.05) is 33.4 Å². The molecule has 0 saturated carbocycles. The topological polar surface area (TPSA) is 74.8 Å². The number of fused-ring (bicyclic) bond motifs is 7. The minimum absolute atomic E-state index is 0.119. The van der Waals surface area contributed by atoms with Gasteiger partial charge >= 0.3 is 0 Å². The number of carbonyl (C=O) groups is 4. The highest BCUT2D eigenvalue weighted by molar-refractivity contribution is 7.30. The third-order valence-corrected chi connectivity index (χ3v) is 25.1. The largest absolute Gasteiger partial charge is 0.274 e. The molecule has 2 atom stereocenters. The van der Waals surface area contributed by atoms with Gasteiger partial charge in [-0.2, -0.15) is 0 Å². The molecular formula is C70H86N2O4S6. The Bertz CT molecular complexity index is 3280. The average molecular weight is 1210 g/mol. The first-order valence-corrected chi connectivity index (χ1v) is 36.7. The lowest BCUT2D eigenvalue weighted by molar-refractivity contribution is 0.0609. The quantitative estimate of drug-likeness (QED) is 0.0298. The van der Waals surface area contributed by atoms with E-state index in [1.165, 1.54) is 151 Å². The highest BCUT2D eigenvalue weighted by Crippen LogP contribution is 2.52. The Labute approximate surface area is 512 Å². The van der Waals surface area contributed by atoms with E-state index < -0.39 is 0 Å². The molecule has 436 valence electrons. The number of hydrogen-bond donors (Lipinski definition) is 0. The van der Waals surface area contributed by atoms with E-state index in [0.717, 1.165) is 96.6 Å². The predicted molar refractivity (Wildman–Crippen MR) is 358 cm³/mol. The second-order valence-corrected chi connectivity index (χ2v) is 29.6. The van der Waals surface area contributed by atoms with Gasteiger partial charge in [0, 0.05) is 73.3 Å². The highest BCUT2D eigenvalue weighted by Gasteiger charge is 2.42. The number of rotatable bonds is 34. The van der Waals surface area contributed by atoms with Crippen LogP contribution in [0.25, 0.3) is 70.0 Å². The van der Waals surface area contributed by atoms with E-state index in [9.17, 15) is 19.2 Å². The summed E-state index contributed by atoms with van der Waals surface area (Å²) in [7, 11) is 0. The Balaban J connectivity index is 0.964. The SMILES string of the molecule is CCCCCCCCCCc1cc(-c2scc3c2C(=O)N(CC(CC)CCCC)C3=O)sc1-c1cc2ccc3c(ccc4cc(-c5sc(-c6scc7c6C(=O)N(CC(CC)CCCC)C7=O)cc5CCCCCCCCCC)sc43)c2s1. The Hall–Kier alpha value is -4.30. The van der Waals surface area contributed by atoms with Crippen molar-refractivity contribution < 1.29 is 19.2 Å². The average Bonchev–Trinajstić information content (AvgIpc) is 4.50. The first-order valence-electron chi connectivity index (χ1n) is 31.7. The molecule has 2 unspecified atom stereocenters. The van der Waals surface area contributed by atoms with Crippen molar-refractivity contribution in [3.63, 3.8) is 0 Å². The Morgan fingerprint density at radius 3 is 1.13 bits per heavy atom. The molecule has 2 aliphatic rings. The van der Waals surface area contributed by atoms with E-state index >= 15 is 0 Å². The van der Waals surface area contributed by atoms with Crippen LogP contribution in [-0.4, -0.2) is 46.5 Å². The number of unbranched alkanes of at least 4 members (excludes halogenated alkanes) is 16. The zero-order valence-corrected chi connectivity index (χ0v) is 54.6. The molecule has 0 saturated heterocycles. The molecule has 2 aromatic carbocycles. The fourth-order valence-electron chi connectivity index (χ4n) is 12.6. The molecule has 0 radical (unpaired) electrons. The fraction of sp³-hybridized carbons (Fsp3) is 0.514. The monoisotopic (exact) mass is 1210 g/mol. The van der Waals surface area contributed by atoms with Crippen LogP contribution in [0.1, 0.15) is 248 Å². The number of benzene rings is 2. The van der Waals surface area contributed by atoms with Gasteiger partial charge in [0.05, 0.1) is 32.0 Å². The summed E-state index contributed by atoms with van der Waals surface area (Å²) in [5, 5.41) is 8.92. The van der Waals surface area contributed by atoms with Crippen molar-refractivity contribution >= 4 is 123 Å². The second kappa shape index (κ2) is 28.7. The van der Waals surface area contributed by atoms with Gasteiger partial charge < -0.3 is 0 Å². The Morgan fingerprint density at radius 2 is 0.756 bits per heavy atom. The van der Waals surface area contributed by atoms with Crippen LogP contribution in [0.4, 0.5) is 0 Å². The summed E-state index contributed by atoms with van der Waals surface area (Å²) in [6.45, 7) is 14.3. The second-order valence-electron chi connectivity index (χ2n) is 23.6. The molecule has 4 amide bonds. The van der Waals surface area contributed by atoms with Gasteiger partial charge in [-0.25, -0.2) is 0 Å². The van der Waals surface area contributed by atoms with Crippen LogP contribution in [0.15, 0.2) is 59.3 Å². The van der Waals surface area contributed by atoms with Crippen LogP contribution in [0.3, 0.4) is 0 Å². The first kappa shape index (κ1) is 60.8. The standard InChI is InChI=1S/C70H86N2O4S6/c1-7-13-17-19-21-23-25-27-31-47-37-57(65-59-53(43-77-65)67(73)71(69(59)75)41-45(11-5)29-15-9-3)81-63(47)55-39-49-33-35-52-51(61(49)79-55)36-34-50-40-56(80-62(50)52)64-48(32-28-26-24-22-20-18-14-8-2)38-58(82-64)66-60-54(44-78-66)68(74)72(70(60)76)42-46(12-6)30-16-10-4/h33-40,43-46H,7-32,41-42H2,1-6H3. The van der Waals surface area contributed by atoms with Crippen molar-refractivity contribution in [3.05, 3.63) is 92.7 Å². The lowest BCUT2D eigenvalue weighted by Gasteiger charge is -2.21. The Morgan fingerprint density at radius 1 is 0.390 bits per heavy atom. The Kier molecular flexibility index (Phi) is 21.3. The lowest BCUT2D eigenvalue weighted by atomic mass is 9.99. The molecule has 8 aromatic rings. The zero-order chi connectivity index (χ0) is 57.3. The summed E-state index contributed by atoms with van der Waals surface area (Å²) < 4.78 is 2.59. The molecule has 6 aromatic heterocycles. The zero-order valence-electron chi connectivity index (χ0n) is 49.7. The summed E-state index contributed by atoms with van der Waals surface area (Å²) >= 11 is 10.5. The number of amides is 4. The summed E-state index contributed by atoms with van der Waals surface area (Å²) in [5.41, 5.74) is 5.07. The molecule has 8 heterocycles. The van der Waals surface area contributed by atoms with Crippen LogP contribution in [-0.2, 0) is 12.8 Å². The van der Waals surface area contributed by atoms with Gasteiger partial charge in [0.2, 0.25) is 0 Å². The molecule has 2 aliphatic heterocycles. The maximum atomic E-state index is 14.3. The van der Waals surface area contributed by atoms with Gasteiger partial charge in [0.15, 0.2) is 0 Å². The van der Waals surface area contributed by atoms with E-state index in [-0.39, 0.29) is 23.6 Å². The number of aryl methyl sites for hydroxylation is 2. The van der Waals surface area contributed by atoms with Gasteiger partial charge in [0.25, 0.3) is 23.6 Å². The van der Waals surface area contributed by atoms with Crippen molar-refractivity contribution in [2.24, 2.45) is 11.8 Å². The van der Waals surface area contributed by atoms with Crippen molar-refractivity contribution in [3.8, 4) is 39.0 Å². The third-order valence-electron chi connectivity index (χ3n) is 17.7. The van der Waals surface area contributed by atoms with Gasteiger partial charge in [-0.1, -0.05) is 194 Å². The van der Waals surface area contributed by atoms with Crippen LogP contribution >= 0.6 is 68.0 Å². The third kappa shape index (κ3) is 13.1.